The lowest BCUT2D eigenvalue weighted by Crippen LogP contribution is -2.31. The van der Waals surface area contributed by atoms with Gasteiger partial charge in [0.15, 0.2) is 11.9 Å². The van der Waals surface area contributed by atoms with E-state index in [4.69, 9.17) is 14.8 Å². The Labute approximate surface area is 127 Å². The van der Waals surface area contributed by atoms with E-state index in [0.717, 1.165) is 0 Å². The summed E-state index contributed by atoms with van der Waals surface area (Å²) < 4.78 is 18.4. The van der Waals surface area contributed by atoms with Gasteiger partial charge in [0, 0.05) is 6.54 Å². The summed E-state index contributed by atoms with van der Waals surface area (Å²) in [6.07, 6.45) is 1.96. The third-order valence-electron chi connectivity index (χ3n) is 2.66. The second kappa shape index (κ2) is 7.64. The van der Waals surface area contributed by atoms with Crippen LogP contribution in [0, 0.1) is 17.3 Å². The minimum Gasteiger partial charge on any atom is -0.423 e. The summed E-state index contributed by atoms with van der Waals surface area (Å²) in [5.74, 6) is 0.492. The maximum atomic E-state index is 12.8. The summed E-state index contributed by atoms with van der Waals surface area (Å²) in [6, 6.07) is 14.3. The molecule has 0 aliphatic carbocycles. The molecule has 0 radical (unpaired) electrons. The van der Waals surface area contributed by atoms with Crippen molar-refractivity contribution in [2.75, 3.05) is 6.54 Å². The molecule has 0 fully saturated rings. The molecule has 2 aromatic rings. The number of hydrogen-bond donors (Lipinski definition) is 0. The third-order valence-corrected chi connectivity index (χ3v) is 2.66. The van der Waals surface area contributed by atoms with Crippen LogP contribution in [0.1, 0.15) is 6.92 Å². The fourth-order valence-corrected chi connectivity index (χ4v) is 1.55. The van der Waals surface area contributed by atoms with Crippen molar-refractivity contribution in [2.24, 2.45) is 5.16 Å². The molecule has 0 saturated carbocycles. The van der Waals surface area contributed by atoms with Crippen molar-refractivity contribution in [3.05, 3.63) is 60.4 Å². The molecule has 0 aromatic heterocycles. The molecular weight excluding hydrogens is 285 g/mol. The van der Waals surface area contributed by atoms with E-state index in [-0.39, 0.29) is 11.8 Å². The first kappa shape index (κ1) is 15.3. The van der Waals surface area contributed by atoms with E-state index in [2.05, 4.69) is 5.16 Å². The highest BCUT2D eigenvalue weighted by atomic mass is 19.1. The van der Waals surface area contributed by atoms with Gasteiger partial charge in [-0.05, 0) is 48.5 Å². The lowest BCUT2D eigenvalue weighted by atomic mass is 10.3. The SMILES string of the molecule is CCN(C#N)C(=NOc1ccc(F)cc1)Oc1ccccc1. The summed E-state index contributed by atoms with van der Waals surface area (Å²) in [5, 5.41) is 13.0. The Morgan fingerprint density at radius 2 is 1.82 bits per heavy atom. The molecule has 0 amide bonds. The quantitative estimate of drug-likeness (QED) is 0.285. The molecule has 112 valence electrons. The summed E-state index contributed by atoms with van der Waals surface area (Å²) in [5.41, 5.74) is 0. The van der Waals surface area contributed by atoms with E-state index in [1.807, 2.05) is 12.3 Å². The molecule has 6 heteroatoms. The van der Waals surface area contributed by atoms with Gasteiger partial charge in [0.25, 0.3) is 0 Å². The number of para-hydroxylation sites is 1. The fraction of sp³-hybridized carbons (Fsp3) is 0.125. The normalized spacial score (nSPS) is 10.7. The van der Waals surface area contributed by atoms with E-state index < -0.39 is 0 Å². The van der Waals surface area contributed by atoms with Crippen LogP contribution in [-0.2, 0) is 0 Å². The molecule has 5 nitrogen and oxygen atoms in total. The minimum absolute atomic E-state index is 0.000486. The van der Waals surface area contributed by atoms with Gasteiger partial charge in [-0.1, -0.05) is 18.2 Å². The maximum Gasteiger partial charge on any atom is 0.346 e. The van der Waals surface area contributed by atoms with Crippen molar-refractivity contribution in [1.29, 1.82) is 5.26 Å². The van der Waals surface area contributed by atoms with Crippen LogP contribution < -0.4 is 9.57 Å². The number of amidine groups is 1. The average Bonchev–Trinajstić information content (AvgIpc) is 2.56. The lowest BCUT2D eigenvalue weighted by Gasteiger charge is -2.15. The zero-order chi connectivity index (χ0) is 15.8. The van der Waals surface area contributed by atoms with E-state index in [1.54, 1.807) is 31.2 Å². The van der Waals surface area contributed by atoms with Crippen molar-refractivity contribution >= 4 is 6.02 Å². The number of nitriles is 1. The van der Waals surface area contributed by atoms with Crippen LogP contribution in [-0.4, -0.2) is 17.5 Å². The molecule has 0 spiro atoms. The van der Waals surface area contributed by atoms with Crippen molar-refractivity contribution in [3.63, 3.8) is 0 Å². The van der Waals surface area contributed by atoms with Crippen LogP contribution in [0.5, 0.6) is 11.5 Å². The van der Waals surface area contributed by atoms with E-state index >= 15 is 0 Å². The number of halogens is 1. The van der Waals surface area contributed by atoms with Gasteiger partial charge in [0.1, 0.15) is 11.6 Å². The third kappa shape index (κ3) is 4.21. The van der Waals surface area contributed by atoms with Crippen molar-refractivity contribution in [2.45, 2.75) is 6.92 Å². The Hall–Kier alpha value is -3.07. The zero-order valence-electron chi connectivity index (χ0n) is 11.9. The summed E-state index contributed by atoms with van der Waals surface area (Å²) in [4.78, 5) is 6.42. The van der Waals surface area contributed by atoms with Crippen LogP contribution >= 0.6 is 0 Å². The number of nitrogens with zero attached hydrogens (tertiary/aromatic N) is 3. The van der Waals surface area contributed by atoms with Crippen molar-refractivity contribution < 1.29 is 14.0 Å². The zero-order valence-corrected chi connectivity index (χ0v) is 11.9. The smallest absolute Gasteiger partial charge is 0.346 e. The van der Waals surface area contributed by atoms with E-state index in [9.17, 15) is 4.39 Å². The Morgan fingerprint density at radius 1 is 1.14 bits per heavy atom. The minimum atomic E-state index is -0.371. The molecule has 2 rings (SSSR count). The van der Waals surface area contributed by atoms with Crippen LogP contribution in [0.3, 0.4) is 0 Å². The van der Waals surface area contributed by atoms with Crippen molar-refractivity contribution in [3.8, 4) is 17.7 Å². The number of hydrogen-bond acceptors (Lipinski definition) is 4. The number of benzene rings is 2. The van der Waals surface area contributed by atoms with E-state index in [0.29, 0.717) is 18.0 Å². The molecule has 0 saturated heterocycles. The first-order chi connectivity index (χ1) is 10.7. The van der Waals surface area contributed by atoms with Crippen LogP contribution in [0.2, 0.25) is 0 Å². The highest BCUT2D eigenvalue weighted by Gasteiger charge is 2.13. The van der Waals surface area contributed by atoms with Gasteiger partial charge in [0.05, 0.1) is 0 Å². The van der Waals surface area contributed by atoms with E-state index in [1.165, 1.54) is 29.2 Å². The van der Waals surface area contributed by atoms with Crippen LogP contribution in [0.4, 0.5) is 4.39 Å². The number of ether oxygens (including phenoxy) is 1. The molecule has 0 atom stereocenters. The largest absolute Gasteiger partial charge is 0.423 e. The van der Waals surface area contributed by atoms with Crippen LogP contribution in [0.15, 0.2) is 59.8 Å². The molecule has 0 aliphatic heterocycles. The molecule has 22 heavy (non-hydrogen) atoms. The first-order valence-electron chi connectivity index (χ1n) is 6.63. The number of rotatable bonds is 4. The average molecular weight is 299 g/mol. The second-order valence-electron chi connectivity index (χ2n) is 4.18. The molecule has 0 heterocycles. The maximum absolute atomic E-state index is 12.8. The van der Waals surface area contributed by atoms with Gasteiger partial charge >= 0.3 is 6.02 Å². The highest BCUT2D eigenvalue weighted by molar-refractivity contribution is 5.77. The lowest BCUT2D eigenvalue weighted by molar-refractivity contribution is 0.302. The Balaban J connectivity index is 2.18. The summed E-state index contributed by atoms with van der Waals surface area (Å²) >= 11 is 0. The predicted molar refractivity (Wildman–Crippen MR) is 79.5 cm³/mol. The van der Waals surface area contributed by atoms with Gasteiger partial charge < -0.3 is 9.57 Å². The standard InChI is InChI=1S/C16H14FN3O2/c1-2-20(12-18)16(21-14-6-4-3-5-7-14)19-22-15-10-8-13(17)9-11-15/h3-11H,2H2,1H3. The fourth-order valence-electron chi connectivity index (χ4n) is 1.55. The van der Waals surface area contributed by atoms with Gasteiger partial charge in [-0.15, -0.1) is 0 Å². The Morgan fingerprint density at radius 3 is 2.41 bits per heavy atom. The highest BCUT2D eigenvalue weighted by Crippen LogP contribution is 2.13. The van der Waals surface area contributed by atoms with Gasteiger partial charge in [0.2, 0.25) is 0 Å². The molecule has 0 bridgehead atoms. The monoisotopic (exact) mass is 299 g/mol. The first-order valence-corrected chi connectivity index (χ1v) is 6.63. The molecule has 0 unspecified atom stereocenters. The molecule has 0 N–H and O–H groups in total. The molecule has 2 aromatic carbocycles. The Kier molecular flexibility index (Phi) is 5.32. The molecular formula is C16H14FN3O2. The predicted octanol–water partition coefficient (Wildman–Crippen LogP) is 3.36. The summed E-state index contributed by atoms with van der Waals surface area (Å²) in [6.45, 7) is 2.15. The number of oxime groups is 1. The van der Waals surface area contributed by atoms with Gasteiger partial charge in [-0.2, -0.15) is 5.26 Å². The van der Waals surface area contributed by atoms with Crippen molar-refractivity contribution in [1.82, 2.24) is 4.90 Å². The van der Waals surface area contributed by atoms with Gasteiger partial charge in [-0.25, -0.2) is 9.29 Å². The van der Waals surface area contributed by atoms with Gasteiger partial charge in [-0.3, -0.25) is 0 Å². The second-order valence-corrected chi connectivity index (χ2v) is 4.18. The molecule has 0 aliphatic rings. The Bertz CT molecular complexity index is 666. The topological polar surface area (TPSA) is 57.9 Å². The van der Waals surface area contributed by atoms with Crippen LogP contribution in [0.25, 0.3) is 0 Å². The summed E-state index contributed by atoms with van der Waals surface area (Å²) in [7, 11) is 0.